The molecule has 5 nitrogen and oxygen atoms in total. The summed E-state index contributed by atoms with van der Waals surface area (Å²) in [6, 6.07) is 0. The van der Waals surface area contributed by atoms with Gasteiger partial charge in [-0.2, -0.15) is 0 Å². The Morgan fingerprint density at radius 2 is 1.73 bits per heavy atom. The summed E-state index contributed by atoms with van der Waals surface area (Å²) in [6.07, 6.45) is 5.36. The third kappa shape index (κ3) is 4.92. The fourth-order valence-corrected chi connectivity index (χ4v) is 2.58. The van der Waals surface area contributed by atoms with E-state index in [1.807, 2.05) is 12.4 Å². The van der Waals surface area contributed by atoms with Gasteiger partial charge in [-0.25, -0.2) is 9.97 Å². The Bertz CT molecular complexity index is 427. The second-order valence-corrected chi connectivity index (χ2v) is 6.36. The summed E-state index contributed by atoms with van der Waals surface area (Å²) < 4.78 is 5.63. The molecule has 22 heavy (non-hydrogen) atoms. The van der Waals surface area contributed by atoms with Crippen molar-refractivity contribution in [1.82, 2.24) is 14.9 Å². The van der Waals surface area contributed by atoms with Crippen LogP contribution in [0.5, 0.6) is 0 Å². The SMILES string of the molecule is CCC(C)c1ncc(N2CCN(CCOC(C)C)CC2)cn1. The molecular formula is C17H30N4O. The average molecular weight is 306 g/mol. The lowest BCUT2D eigenvalue weighted by Crippen LogP contribution is -2.47. The van der Waals surface area contributed by atoms with Crippen molar-refractivity contribution in [2.45, 2.75) is 46.1 Å². The van der Waals surface area contributed by atoms with Crippen molar-refractivity contribution in [1.29, 1.82) is 0 Å². The highest BCUT2D eigenvalue weighted by molar-refractivity contribution is 5.42. The van der Waals surface area contributed by atoms with Crippen LogP contribution in [0.25, 0.3) is 0 Å². The Kier molecular flexibility index (Phi) is 6.58. The van der Waals surface area contributed by atoms with Crippen LogP contribution < -0.4 is 4.90 Å². The molecule has 0 amide bonds. The van der Waals surface area contributed by atoms with Gasteiger partial charge in [0.2, 0.25) is 0 Å². The molecule has 1 aliphatic rings. The van der Waals surface area contributed by atoms with Crippen LogP contribution >= 0.6 is 0 Å². The number of nitrogens with zero attached hydrogens (tertiary/aromatic N) is 4. The smallest absolute Gasteiger partial charge is 0.131 e. The summed E-state index contributed by atoms with van der Waals surface area (Å²) in [5.74, 6) is 1.39. The fraction of sp³-hybridized carbons (Fsp3) is 0.765. The highest BCUT2D eigenvalue weighted by Gasteiger charge is 2.18. The number of hydrogen-bond donors (Lipinski definition) is 0. The van der Waals surface area contributed by atoms with Crippen molar-refractivity contribution < 1.29 is 4.74 Å². The zero-order valence-electron chi connectivity index (χ0n) is 14.5. The molecule has 5 heteroatoms. The number of anilines is 1. The Morgan fingerprint density at radius 1 is 1.09 bits per heavy atom. The summed E-state index contributed by atoms with van der Waals surface area (Å²) in [4.78, 5) is 13.9. The van der Waals surface area contributed by atoms with Crippen molar-refractivity contribution in [3.05, 3.63) is 18.2 Å². The number of piperazine rings is 1. The lowest BCUT2D eigenvalue weighted by atomic mass is 10.1. The van der Waals surface area contributed by atoms with Crippen LogP contribution in [0, 0.1) is 0 Å². The first-order valence-corrected chi connectivity index (χ1v) is 8.51. The number of rotatable bonds is 7. The Hall–Kier alpha value is -1.20. The summed E-state index contributed by atoms with van der Waals surface area (Å²) in [5, 5.41) is 0. The van der Waals surface area contributed by atoms with E-state index in [-0.39, 0.29) is 0 Å². The van der Waals surface area contributed by atoms with Crippen LogP contribution in [0.1, 0.15) is 45.9 Å². The number of aromatic nitrogens is 2. The van der Waals surface area contributed by atoms with Gasteiger partial charge in [0.25, 0.3) is 0 Å². The third-order valence-electron chi connectivity index (χ3n) is 4.31. The molecule has 0 radical (unpaired) electrons. The molecule has 2 rings (SSSR count). The minimum absolute atomic E-state index is 0.322. The van der Waals surface area contributed by atoms with E-state index >= 15 is 0 Å². The van der Waals surface area contributed by atoms with Gasteiger partial charge in [-0.05, 0) is 20.3 Å². The van der Waals surface area contributed by atoms with Gasteiger partial charge < -0.3 is 9.64 Å². The van der Waals surface area contributed by atoms with E-state index in [2.05, 4.69) is 47.5 Å². The van der Waals surface area contributed by atoms with Crippen molar-refractivity contribution in [3.8, 4) is 0 Å². The van der Waals surface area contributed by atoms with Gasteiger partial charge >= 0.3 is 0 Å². The lowest BCUT2D eigenvalue weighted by Gasteiger charge is -2.35. The molecule has 124 valence electrons. The van der Waals surface area contributed by atoms with Crippen LogP contribution in [0.3, 0.4) is 0 Å². The highest BCUT2D eigenvalue weighted by Crippen LogP contribution is 2.18. The Balaban J connectivity index is 1.79. The second-order valence-electron chi connectivity index (χ2n) is 6.36. The first kappa shape index (κ1) is 17.2. The van der Waals surface area contributed by atoms with Crippen LogP contribution in [-0.4, -0.2) is 60.3 Å². The Labute approximate surface area is 134 Å². The first-order valence-electron chi connectivity index (χ1n) is 8.51. The third-order valence-corrected chi connectivity index (χ3v) is 4.31. The van der Waals surface area contributed by atoms with Gasteiger partial charge in [0, 0.05) is 38.6 Å². The van der Waals surface area contributed by atoms with Gasteiger partial charge in [-0.15, -0.1) is 0 Å². The van der Waals surface area contributed by atoms with E-state index in [0.29, 0.717) is 12.0 Å². The van der Waals surface area contributed by atoms with E-state index in [1.54, 1.807) is 0 Å². The lowest BCUT2D eigenvalue weighted by molar-refractivity contribution is 0.0579. The minimum atomic E-state index is 0.322. The normalized spacial score (nSPS) is 18.0. The van der Waals surface area contributed by atoms with E-state index in [4.69, 9.17) is 4.74 Å². The molecule has 1 atom stereocenters. The standard InChI is InChI=1S/C17H30N4O/c1-5-15(4)17-18-12-16(13-19-17)21-8-6-20(7-9-21)10-11-22-14(2)3/h12-15H,5-11H2,1-4H3. The van der Waals surface area contributed by atoms with Crippen molar-refractivity contribution in [2.24, 2.45) is 0 Å². The highest BCUT2D eigenvalue weighted by atomic mass is 16.5. The summed E-state index contributed by atoms with van der Waals surface area (Å²) in [6.45, 7) is 14.6. The van der Waals surface area contributed by atoms with Crippen LogP contribution in [0.15, 0.2) is 12.4 Å². The summed E-state index contributed by atoms with van der Waals surface area (Å²) in [5.41, 5.74) is 1.14. The molecule has 0 N–H and O–H groups in total. The quantitative estimate of drug-likeness (QED) is 0.774. The van der Waals surface area contributed by atoms with Crippen molar-refractivity contribution in [2.75, 3.05) is 44.2 Å². The van der Waals surface area contributed by atoms with E-state index in [1.165, 1.54) is 0 Å². The predicted molar refractivity (Wildman–Crippen MR) is 90.5 cm³/mol. The predicted octanol–water partition coefficient (Wildman–Crippen LogP) is 2.54. The van der Waals surface area contributed by atoms with Crippen molar-refractivity contribution >= 4 is 5.69 Å². The second kappa shape index (κ2) is 8.44. The molecule has 1 fully saturated rings. The number of hydrogen-bond acceptors (Lipinski definition) is 5. The monoisotopic (exact) mass is 306 g/mol. The molecule has 1 unspecified atom stereocenters. The number of ether oxygens (including phenoxy) is 1. The van der Waals surface area contributed by atoms with Crippen LogP contribution in [0.2, 0.25) is 0 Å². The molecule has 1 aliphatic heterocycles. The molecule has 2 heterocycles. The molecule has 1 saturated heterocycles. The zero-order valence-corrected chi connectivity index (χ0v) is 14.5. The fourth-order valence-electron chi connectivity index (χ4n) is 2.58. The zero-order chi connectivity index (χ0) is 15.9. The molecule has 0 bridgehead atoms. The summed E-state index contributed by atoms with van der Waals surface area (Å²) >= 11 is 0. The molecular weight excluding hydrogens is 276 g/mol. The van der Waals surface area contributed by atoms with E-state index in [0.717, 1.165) is 57.3 Å². The molecule has 1 aromatic heterocycles. The van der Waals surface area contributed by atoms with Gasteiger partial charge in [0.1, 0.15) is 5.82 Å². The molecule has 0 saturated carbocycles. The topological polar surface area (TPSA) is 41.5 Å². The maximum absolute atomic E-state index is 5.63. The van der Waals surface area contributed by atoms with E-state index < -0.39 is 0 Å². The van der Waals surface area contributed by atoms with Gasteiger partial charge in [0.15, 0.2) is 0 Å². The van der Waals surface area contributed by atoms with Gasteiger partial charge in [0.05, 0.1) is 30.8 Å². The van der Waals surface area contributed by atoms with E-state index in [9.17, 15) is 0 Å². The first-order chi connectivity index (χ1) is 10.6. The van der Waals surface area contributed by atoms with Crippen LogP contribution in [-0.2, 0) is 4.74 Å². The largest absolute Gasteiger partial charge is 0.377 e. The minimum Gasteiger partial charge on any atom is -0.377 e. The maximum Gasteiger partial charge on any atom is 0.131 e. The van der Waals surface area contributed by atoms with Gasteiger partial charge in [-0.3, -0.25) is 4.90 Å². The average Bonchev–Trinajstić information content (AvgIpc) is 2.54. The summed E-state index contributed by atoms with van der Waals surface area (Å²) in [7, 11) is 0. The van der Waals surface area contributed by atoms with Crippen LogP contribution in [0.4, 0.5) is 5.69 Å². The van der Waals surface area contributed by atoms with Crippen molar-refractivity contribution in [3.63, 3.8) is 0 Å². The molecule has 1 aromatic rings. The molecule has 0 aliphatic carbocycles. The molecule has 0 spiro atoms. The Morgan fingerprint density at radius 3 is 2.27 bits per heavy atom. The molecule has 0 aromatic carbocycles. The van der Waals surface area contributed by atoms with Gasteiger partial charge in [-0.1, -0.05) is 13.8 Å². The maximum atomic E-state index is 5.63.